The van der Waals surface area contributed by atoms with Crippen molar-refractivity contribution >= 4 is 11.8 Å². The molecule has 2 fully saturated rings. The number of nitrogens with two attached hydrogens (primary N) is 2. The van der Waals surface area contributed by atoms with E-state index < -0.39 is 17.3 Å². The monoisotopic (exact) mass is 283 g/mol. The Bertz CT molecular complexity index is 521. The van der Waals surface area contributed by atoms with Crippen molar-refractivity contribution in [1.82, 2.24) is 15.3 Å². The molecule has 2 atom stereocenters. The number of hydrogen-bond acceptors (Lipinski definition) is 5. The first-order valence-corrected chi connectivity index (χ1v) is 6.93. The molecule has 2 aliphatic rings. The summed E-state index contributed by atoms with van der Waals surface area (Å²) in [6.07, 6.45) is 4.58. The van der Waals surface area contributed by atoms with Crippen LogP contribution in [0.1, 0.15) is 31.2 Å². The molecule has 0 aliphatic heterocycles. The Hall–Kier alpha value is -1.50. The number of rotatable bonds is 4. The first-order chi connectivity index (χ1) is 9.47. The second-order valence-corrected chi connectivity index (χ2v) is 5.82. The largest absolute Gasteiger partial charge is 0.383 e. The van der Waals surface area contributed by atoms with E-state index in [4.69, 9.17) is 11.5 Å². The van der Waals surface area contributed by atoms with Crippen molar-refractivity contribution in [1.29, 1.82) is 0 Å². The molecule has 0 spiro atoms. The third-order valence-corrected chi connectivity index (χ3v) is 4.72. The minimum absolute atomic E-state index is 0.117. The molecule has 2 unspecified atom stereocenters. The van der Waals surface area contributed by atoms with E-state index in [1.165, 1.54) is 6.20 Å². The van der Waals surface area contributed by atoms with Crippen LogP contribution in [-0.2, 0) is 6.54 Å². The number of halogens is 2. The highest BCUT2D eigenvalue weighted by Crippen LogP contribution is 2.71. The van der Waals surface area contributed by atoms with Gasteiger partial charge in [-0.1, -0.05) is 12.8 Å². The highest BCUT2D eigenvalue weighted by molar-refractivity contribution is 5.41. The summed E-state index contributed by atoms with van der Waals surface area (Å²) in [5, 5.41) is 3.09. The molecule has 1 aromatic rings. The smallest absolute Gasteiger partial charge is 0.258 e. The van der Waals surface area contributed by atoms with Crippen LogP contribution in [0.2, 0.25) is 0 Å². The van der Waals surface area contributed by atoms with Crippen molar-refractivity contribution in [3.8, 4) is 0 Å². The summed E-state index contributed by atoms with van der Waals surface area (Å²) in [5.41, 5.74) is 11.0. The summed E-state index contributed by atoms with van der Waals surface area (Å²) < 4.78 is 27.8. The predicted octanol–water partition coefficient (Wildman–Crippen LogP) is 1.56. The highest BCUT2D eigenvalue weighted by Gasteiger charge is 2.79. The van der Waals surface area contributed by atoms with Gasteiger partial charge in [0, 0.05) is 30.8 Å². The molecule has 5 N–H and O–H groups in total. The molecule has 0 aromatic carbocycles. The molecule has 2 aliphatic carbocycles. The molecular formula is C13H19F2N5. The molecule has 7 heteroatoms. The van der Waals surface area contributed by atoms with Gasteiger partial charge < -0.3 is 16.8 Å². The maximum atomic E-state index is 13.9. The first-order valence-electron chi connectivity index (χ1n) is 6.93. The second-order valence-electron chi connectivity index (χ2n) is 5.82. The van der Waals surface area contributed by atoms with Gasteiger partial charge in [0.15, 0.2) is 0 Å². The number of anilines is 2. The quantitative estimate of drug-likeness (QED) is 0.780. The van der Waals surface area contributed by atoms with E-state index in [1.807, 2.05) is 0 Å². The van der Waals surface area contributed by atoms with Gasteiger partial charge in [0.05, 0.1) is 5.41 Å². The molecule has 5 nitrogen and oxygen atoms in total. The molecule has 1 heterocycles. The molecule has 0 bridgehead atoms. The highest BCUT2D eigenvalue weighted by atomic mass is 19.3. The van der Waals surface area contributed by atoms with Gasteiger partial charge in [0.1, 0.15) is 5.82 Å². The molecule has 0 radical (unpaired) electrons. The molecule has 2 saturated carbocycles. The Labute approximate surface area is 116 Å². The van der Waals surface area contributed by atoms with E-state index in [0.29, 0.717) is 37.3 Å². The van der Waals surface area contributed by atoms with Crippen LogP contribution in [0.5, 0.6) is 0 Å². The van der Waals surface area contributed by atoms with Crippen LogP contribution in [0.3, 0.4) is 0 Å². The molecule has 0 amide bonds. The van der Waals surface area contributed by atoms with Gasteiger partial charge in [-0.15, -0.1) is 0 Å². The van der Waals surface area contributed by atoms with Crippen molar-refractivity contribution in [3.05, 3.63) is 11.8 Å². The average Bonchev–Trinajstić information content (AvgIpc) is 2.90. The van der Waals surface area contributed by atoms with Crippen molar-refractivity contribution in [2.45, 2.75) is 38.2 Å². The van der Waals surface area contributed by atoms with Crippen LogP contribution in [0.25, 0.3) is 0 Å². The van der Waals surface area contributed by atoms with Gasteiger partial charge in [-0.2, -0.15) is 4.98 Å². The molecule has 1 aromatic heterocycles. The van der Waals surface area contributed by atoms with Crippen LogP contribution in [-0.4, -0.2) is 22.4 Å². The van der Waals surface area contributed by atoms with Crippen LogP contribution in [0.15, 0.2) is 6.20 Å². The van der Waals surface area contributed by atoms with E-state index in [2.05, 4.69) is 15.3 Å². The minimum atomic E-state index is -2.51. The van der Waals surface area contributed by atoms with Crippen molar-refractivity contribution in [2.24, 2.45) is 11.3 Å². The number of nitrogens with one attached hydrogen (secondary N) is 1. The summed E-state index contributed by atoms with van der Waals surface area (Å²) in [5.74, 6) is -2.55. The fourth-order valence-electron chi connectivity index (χ4n) is 3.50. The van der Waals surface area contributed by atoms with Crippen LogP contribution < -0.4 is 16.8 Å². The Kier molecular flexibility index (Phi) is 3.04. The second kappa shape index (κ2) is 4.51. The van der Waals surface area contributed by atoms with Crippen molar-refractivity contribution in [2.75, 3.05) is 18.0 Å². The van der Waals surface area contributed by atoms with E-state index in [9.17, 15) is 8.78 Å². The van der Waals surface area contributed by atoms with Gasteiger partial charge in [-0.3, -0.25) is 0 Å². The Balaban J connectivity index is 1.60. The van der Waals surface area contributed by atoms with Gasteiger partial charge in [0.25, 0.3) is 5.92 Å². The number of fused-ring (bicyclic) bond motifs is 1. The topological polar surface area (TPSA) is 89.8 Å². The minimum Gasteiger partial charge on any atom is -0.383 e. The third-order valence-electron chi connectivity index (χ3n) is 4.72. The van der Waals surface area contributed by atoms with Gasteiger partial charge in [-0.05, 0) is 12.8 Å². The average molecular weight is 283 g/mol. The van der Waals surface area contributed by atoms with Gasteiger partial charge in [-0.25, -0.2) is 13.8 Å². The summed E-state index contributed by atoms with van der Waals surface area (Å²) in [7, 11) is 0. The summed E-state index contributed by atoms with van der Waals surface area (Å²) in [4.78, 5) is 7.71. The first kappa shape index (κ1) is 13.5. The fourth-order valence-corrected chi connectivity index (χ4v) is 3.50. The van der Waals surface area contributed by atoms with E-state index in [0.717, 1.165) is 12.8 Å². The van der Waals surface area contributed by atoms with E-state index in [1.54, 1.807) is 0 Å². The standard InChI is InChI=1S/C13H19F2N5/c14-13(15)9-3-1-2-4-12(9,13)7-18-5-8-6-19-11(17)20-10(8)16/h6,9,18H,1-5,7H2,(H4,16,17,19,20). The lowest BCUT2D eigenvalue weighted by atomic mass is 9.88. The van der Waals surface area contributed by atoms with E-state index >= 15 is 0 Å². The molecule has 0 saturated heterocycles. The van der Waals surface area contributed by atoms with Crippen LogP contribution >= 0.6 is 0 Å². The van der Waals surface area contributed by atoms with Gasteiger partial charge in [0.2, 0.25) is 5.95 Å². The zero-order valence-electron chi connectivity index (χ0n) is 11.2. The lowest BCUT2D eigenvalue weighted by Crippen LogP contribution is -2.29. The van der Waals surface area contributed by atoms with Crippen molar-refractivity contribution < 1.29 is 8.78 Å². The van der Waals surface area contributed by atoms with E-state index in [-0.39, 0.29) is 5.95 Å². The summed E-state index contributed by atoms with van der Waals surface area (Å²) in [6.45, 7) is 0.700. The zero-order chi connectivity index (χ0) is 14.4. The maximum absolute atomic E-state index is 13.9. The normalized spacial score (nSPS) is 30.8. The lowest BCUT2D eigenvalue weighted by molar-refractivity contribution is 0.0562. The number of aromatic nitrogens is 2. The van der Waals surface area contributed by atoms with Crippen LogP contribution in [0, 0.1) is 11.3 Å². The predicted molar refractivity (Wildman–Crippen MR) is 71.9 cm³/mol. The molecular weight excluding hydrogens is 264 g/mol. The Morgan fingerprint density at radius 1 is 1.35 bits per heavy atom. The number of nitrogens with zero attached hydrogens (tertiary/aromatic N) is 2. The van der Waals surface area contributed by atoms with Crippen molar-refractivity contribution in [3.63, 3.8) is 0 Å². The Morgan fingerprint density at radius 3 is 2.85 bits per heavy atom. The zero-order valence-corrected chi connectivity index (χ0v) is 11.2. The number of nitrogen functional groups attached to an aromatic ring is 2. The molecule has 3 rings (SSSR count). The molecule has 110 valence electrons. The summed E-state index contributed by atoms with van der Waals surface area (Å²) >= 11 is 0. The number of hydrogen-bond donors (Lipinski definition) is 3. The summed E-state index contributed by atoms with van der Waals surface area (Å²) in [6, 6.07) is 0. The van der Waals surface area contributed by atoms with Gasteiger partial charge >= 0.3 is 0 Å². The Morgan fingerprint density at radius 2 is 2.15 bits per heavy atom. The maximum Gasteiger partial charge on any atom is 0.258 e. The lowest BCUT2D eigenvalue weighted by Gasteiger charge is -2.21. The third kappa shape index (κ3) is 1.91. The number of alkyl halides is 2. The SMILES string of the molecule is Nc1ncc(CNCC23CCCCC2C3(F)F)c(N)n1. The van der Waals surface area contributed by atoms with Crippen LogP contribution in [0.4, 0.5) is 20.5 Å². The fraction of sp³-hybridized carbons (Fsp3) is 0.692. The molecule has 20 heavy (non-hydrogen) atoms.